The van der Waals surface area contributed by atoms with Gasteiger partial charge in [-0.1, -0.05) is 0 Å². The molecule has 1 rings (SSSR count). The van der Waals surface area contributed by atoms with Gasteiger partial charge in [-0.2, -0.15) is 0 Å². The van der Waals surface area contributed by atoms with Gasteiger partial charge >= 0.3 is 0 Å². The standard InChI is InChI=1S/C14H23NO3/c1-10(2)18-7-6-17-9-14(16)13-8-11(3)15(5)12(13)4/h8,10H,6-7,9H2,1-5H3. The van der Waals surface area contributed by atoms with Crippen molar-refractivity contribution < 1.29 is 14.3 Å². The van der Waals surface area contributed by atoms with Crippen molar-refractivity contribution in [1.82, 2.24) is 4.57 Å². The molecule has 1 aromatic rings. The van der Waals surface area contributed by atoms with Crippen LogP contribution < -0.4 is 0 Å². The van der Waals surface area contributed by atoms with Crippen molar-refractivity contribution in [1.29, 1.82) is 0 Å². The molecule has 4 nitrogen and oxygen atoms in total. The summed E-state index contributed by atoms with van der Waals surface area (Å²) in [6.45, 7) is 8.98. The molecule has 0 saturated heterocycles. The topological polar surface area (TPSA) is 40.5 Å². The van der Waals surface area contributed by atoms with Gasteiger partial charge in [0.25, 0.3) is 0 Å². The third kappa shape index (κ3) is 3.96. The van der Waals surface area contributed by atoms with E-state index in [-0.39, 0.29) is 18.5 Å². The van der Waals surface area contributed by atoms with E-state index in [2.05, 4.69) is 0 Å². The lowest BCUT2D eigenvalue weighted by atomic mass is 10.1. The van der Waals surface area contributed by atoms with Crippen LogP contribution in [-0.2, 0) is 16.5 Å². The Balaban J connectivity index is 2.39. The highest BCUT2D eigenvalue weighted by atomic mass is 16.5. The van der Waals surface area contributed by atoms with Crippen LogP contribution in [0.4, 0.5) is 0 Å². The normalized spacial score (nSPS) is 11.2. The van der Waals surface area contributed by atoms with Crippen LogP contribution in [0.3, 0.4) is 0 Å². The highest BCUT2D eigenvalue weighted by Crippen LogP contribution is 2.13. The summed E-state index contributed by atoms with van der Waals surface area (Å²) in [5, 5.41) is 0. The van der Waals surface area contributed by atoms with Gasteiger partial charge in [-0.15, -0.1) is 0 Å². The molecule has 0 saturated carbocycles. The summed E-state index contributed by atoms with van der Waals surface area (Å²) in [6, 6.07) is 1.91. The average Bonchev–Trinajstić information content (AvgIpc) is 2.56. The number of aromatic nitrogens is 1. The number of nitrogens with zero attached hydrogens (tertiary/aromatic N) is 1. The molecule has 0 fully saturated rings. The van der Waals surface area contributed by atoms with E-state index in [4.69, 9.17) is 9.47 Å². The monoisotopic (exact) mass is 253 g/mol. The molecule has 4 heteroatoms. The minimum atomic E-state index is 0.0285. The van der Waals surface area contributed by atoms with Gasteiger partial charge in [0.15, 0.2) is 5.78 Å². The molecular formula is C14H23NO3. The van der Waals surface area contributed by atoms with E-state index in [1.165, 1.54) is 0 Å². The molecule has 0 aliphatic carbocycles. The number of rotatable bonds is 7. The van der Waals surface area contributed by atoms with Crippen molar-refractivity contribution in [3.05, 3.63) is 23.0 Å². The molecule has 0 bridgehead atoms. The van der Waals surface area contributed by atoms with Gasteiger partial charge in [-0.05, 0) is 33.8 Å². The largest absolute Gasteiger partial charge is 0.376 e. The molecule has 0 aliphatic heterocycles. The molecular weight excluding hydrogens is 230 g/mol. The van der Waals surface area contributed by atoms with E-state index in [0.29, 0.717) is 13.2 Å². The molecule has 18 heavy (non-hydrogen) atoms. The summed E-state index contributed by atoms with van der Waals surface area (Å²) in [7, 11) is 1.96. The number of carbonyl (C=O) groups is 1. The quantitative estimate of drug-likeness (QED) is 0.553. The minimum Gasteiger partial charge on any atom is -0.376 e. The van der Waals surface area contributed by atoms with Crippen LogP contribution in [0.2, 0.25) is 0 Å². The van der Waals surface area contributed by atoms with Crippen molar-refractivity contribution >= 4 is 5.78 Å². The van der Waals surface area contributed by atoms with Crippen LogP contribution in [0.15, 0.2) is 6.07 Å². The first-order valence-corrected chi connectivity index (χ1v) is 6.29. The van der Waals surface area contributed by atoms with E-state index in [1.807, 2.05) is 45.4 Å². The van der Waals surface area contributed by atoms with E-state index >= 15 is 0 Å². The predicted molar refractivity (Wildman–Crippen MR) is 71.1 cm³/mol. The number of Topliss-reactive ketones (excluding diaryl/α,β-unsaturated/α-hetero) is 1. The van der Waals surface area contributed by atoms with Gasteiger partial charge in [-0.3, -0.25) is 4.79 Å². The van der Waals surface area contributed by atoms with Crippen molar-refractivity contribution in [3.63, 3.8) is 0 Å². The van der Waals surface area contributed by atoms with Crippen LogP contribution in [0, 0.1) is 13.8 Å². The number of carbonyl (C=O) groups excluding carboxylic acids is 1. The van der Waals surface area contributed by atoms with Crippen LogP contribution in [0.25, 0.3) is 0 Å². The highest BCUT2D eigenvalue weighted by molar-refractivity contribution is 5.98. The fourth-order valence-corrected chi connectivity index (χ4v) is 1.72. The smallest absolute Gasteiger partial charge is 0.190 e. The maximum atomic E-state index is 11.9. The summed E-state index contributed by atoms with van der Waals surface area (Å²) < 4.78 is 12.7. The first-order chi connectivity index (χ1) is 8.43. The van der Waals surface area contributed by atoms with Crippen LogP contribution in [0.5, 0.6) is 0 Å². The van der Waals surface area contributed by atoms with Gasteiger partial charge in [-0.25, -0.2) is 0 Å². The van der Waals surface area contributed by atoms with Gasteiger partial charge < -0.3 is 14.0 Å². The Morgan fingerprint density at radius 2 is 2.00 bits per heavy atom. The Morgan fingerprint density at radius 1 is 1.33 bits per heavy atom. The summed E-state index contributed by atoms with van der Waals surface area (Å²) in [5.41, 5.74) is 2.82. The second-order valence-corrected chi connectivity index (χ2v) is 4.74. The Kier molecular flexibility index (Phi) is 5.56. The van der Waals surface area contributed by atoms with Crippen molar-refractivity contribution in [2.75, 3.05) is 19.8 Å². The third-order valence-electron chi connectivity index (χ3n) is 2.99. The van der Waals surface area contributed by atoms with E-state index in [0.717, 1.165) is 17.0 Å². The van der Waals surface area contributed by atoms with Gasteiger partial charge in [0, 0.05) is 24.0 Å². The summed E-state index contributed by atoms with van der Waals surface area (Å²) in [4.78, 5) is 11.9. The van der Waals surface area contributed by atoms with Crippen LogP contribution in [0.1, 0.15) is 35.6 Å². The summed E-state index contributed by atoms with van der Waals surface area (Å²) in [6.07, 6.45) is 0.198. The molecule has 102 valence electrons. The van der Waals surface area contributed by atoms with E-state index < -0.39 is 0 Å². The highest BCUT2D eigenvalue weighted by Gasteiger charge is 2.13. The molecule has 0 N–H and O–H groups in total. The predicted octanol–water partition coefficient (Wildman–Crippen LogP) is 2.27. The lowest BCUT2D eigenvalue weighted by molar-refractivity contribution is 0.0208. The Morgan fingerprint density at radius 3 is 2.50 bits per heavy atom. The Labute approximate surface area is 109 Å². The average molecular weight is 253 g/mol. The lowest BCUT2D eigenvalue weighted by Crippen LogP contribution is -2.15. The first kappa shape index (κ1) is 14.9. The molecule has 0 amide bonds. The molecule has 1 aromatic heterocycles. The van der Waals surface area contributed by atoms with Crippen LogP contribution in [-0.4, -0.2) is 36.3 Å². The summed E-state index contributed by atoms with van der Waals surface area (Å²) >= 11 is 0. The van der Waals surface area contributed by atoms with Crippen molar-refractivity contribution in [3.8, 4) is 0 Å². The Hall–Kier alpha value is -1.13. The molecule has 0 aromatic carbocycles. The maximum Gasteiger partial charge on any atom is 0.190 e. The number of ether oxygens (including phenoxy) is 2. The third-order valence-corrected chi connectivity index (χ3v) is 2.99. The fraction of sp³-hybridized carbons (Fsp3) is 0.643. The molecule has 0 unspecified atom stereocenters. The molecule has 0 atom stereocenters. The first-order valence-electron chi connectivity index (χ1n) is 6.29. The molecule has 0 spiro atoms. The van der Waals surface area contributed by atoms with Crippen molar-refractivity contribution in [2.45, 2.75) is 33.8 Å². The van der Waals surface area contributed by atoms with Crippen LogP contribution >= 0.6 is 0 Å². The molecule has 1 heterocycles. The fourth-order valence-electron chi connectivity index (χ4n) is 1.72. The lowest BCUT2D eigenvalue weighted by Gasteiger charge is -2.07. The van der Waals surface area contributed by atoms with E-state index in [1.54, 1.807) is 0 Å². The molecule has 0 radical (unpaired) electrons. The van der Waals surface area contributed by atoms with Gasteiger partial charge in [0.2, 0.25) is 0 Å². The number of aryl methyl sites for hydroxylation is 1. The summed E-state index contributed by atoms with van der Waals surface area (Å²) in [5.74, 6) is 0.0285. The number of hydrogen-bond donors (Lipinski definition) is 0. The zero-order valence-corrected chi connectivity index (χ0v) is 11.9. The zero-order chi connectivity index (χ0) is 13.7. The van der Waals surface area contributed by atoms with Gasteiger partial charge in [0.1, 0.15) is 6.61 Å². The minimum absolute atomic E-state index is 0.0285. The van der Waals surface area contributed by atoms with E-state index in [9.17, 15) is 4.79 Å². The second kappa shape index (κ2) is 6.71. The Bertz CT molecular complexity index is 407. The number of ketones is 1. The molecule has 0 aliphatic rings. The van der Waals surface area contributed by atoms with Crippen molar-refractivity contribution in [2.24, 2.45) is 7.05 Å². The SMILES string of the molecule is Cc1cc(C(=O)COCCOC(C)C)c(C)n1C. The zero-order valence-electron chi connectivity index (χ0n) is 11.9. The van der Waals surface area contributed by atoms with Gasteiger partial charge in [0.05, 0.1) is 19.3 Å². The maximum absolute atomic E-state index is 11.9. The number of hydrogen-bond acceptors (Lipinski definition) is 3. The second-order valence-electron chi connectivity index (χ2n) is 4.74.